The van der Waals surface area contributed by atoms with E-state index in [1.807, 2.05) is 0 Å². The smallest absolute Gasteiger partial charge is 0.249 e. The van der Waals surface area contributed by atoms with Crippen LogP contribution >= 0.6 is 0 Å². The normalized spacial score (nSPS) is 14.0. The Morgan fingerprint density at radius 3 is 1.04 bits per heavy atom. The van der Waals surface area contributed by atoms with Crippen LogP contribution in [0, 0.1) is 0 Å². The molecule has 0 fully saturated rings. The van der Waals surface area contributed by atoms with Gasteiger partial charge in [0.15, 0.2) is 0 Å². The molecule has 0 aromatic carbocycles. The highest BCUT2D eigenvalue weighted by Crippen LogP contribution is 2.17. The SMILES string of the molecule is CCCCCCCCCCCCCC/C=C\CCCCCCCCCCCCCCC(O)C(=O)NC(CO)C(O)C(O)CCCCCCCCCCCCCC. The van der Waals surface area contributed by atoms with Gasteiger partial charge in [0.1, 0.15) is 12.2 Å². The molecule has 4 atom stereocenters. The van der Waals surface area contributed by atoms with Crippen molar-refractivity contribution in [3.63, 3.8) is 0 Å². The lowest BCUT2D eigenvalue weighted by atomic mass is 9.99. The molecule has 0 rings (SSSR count). The minimum atomic E-state index is -1.25. The van der Waals surface area contributed by atoms with Crippen LogP contribution in [-0.2, 0) is 4.79 Å². The van der Waals surface area contributed by atoms with E-state index in [9.17, 15) is 25.2 Å². The molecular formula is C50H99NO5. The zero-order valence-electron chi connectivity index (χ0n) is 37.7. The monoisotopic (exact) mass is 794 g/mol. The van der Waals surface area contributed by atoms with Gasteiger partial charge in [-0.2, -0.15) is 0 Å². The Morgan fingerprint density at radius 1 is 0.429 bits per heavy atom. The molecule has 6 nitrogen and oxygen atoms in total. The summed E-state index contributed by atoms with van der Waals surface area (Å²) in [5.41, 5.74) is 0. The topological polar surface area (TPSA) is 110 Å². The molecular weight excluding hydrogens is 695 g/mol. The number of aliphatic hydroxyl groups is 4. The predicted molar refractivity (Wildman–Crippen MR) is 242 cm³/mol. The van der Waals surface area contributed by atoms with Gasteiger partial charge in [0, 0.05) is 0 Å². The van der Waals surface area contributed by atoms with Crippen LogP contribution in [0.5, 0.6) is 0 Å². The van der Waals surface area contributed by atoms with Gasteiger partial charge in [0.05, 0.1) is 18.8 Å². The van der Waals surface area contributed by atoms with Crippen molar-refractivity contribution in [3.8, 4) is 0 Å². The lowest BCUT2D eigenvalue weighted by Gasteiger charge is -2.27. The number of hydrogen-bond acceptors (Lipinski definition) is 5. The molecule has 0 heterocycles. The zero-order chi connectivity index (χ0) is 41.0. The Balaban J connectivity index is 3.59. The first-order chi connectivity index (χ1) is 27.5. The van der Waals surface area contributed by atoms with Crippen LogP contribution in [0.4, 0.5) is 0 Å². The van der Waals surface area contributed by atoms with Crippen LogP contribution in [-0.4, -0.2) is 57.3 Å². The third-order valence-electron chi connectivity index (χ3n) is 12.0. The van der Waals surface area contributed by atoms with E-state index in [2.05, 4.69) is 31.3 Å². The number of carbonyl (C=O) groups excluding carboxylic acids is 1. The van der Waals surface area contributed by atoms with E-state index < -0.39 is 36.9 Å². The molecule has 0 saturated carbocycles. The molecule has 0 aromatic rings. The number of rotatable bonds is 46. The van der Waals surface area contributed by atoms with Crippen molar-refractivity contribution in [2.24, 2.45) is 0 Å². The van der Waals surface area contributed by atoms with E-state index in [-0.39, 0.29) is 0 Å². The van der Waals surface area contributed by atoms with Gasteiger partial charge in [-0.25, -0.2) is 0 Å². The van der Waals surface area contributed by atoms with Gasteiger partial charge in [-0.3, -0.25) is 4.79 Å². The minimum Gasteiger partial charge on any atom is -0.394 e. The molecule has 4 unspecified atom stereocenters. The minimum absolute atomic E-state index is 0.372. The molecule has 6 heteroatoms. The molecule has 0 aliphatic heterocycles. The molecule has 1 amide bonds. The number of nitrogens with one attached hydrogen (secondary N) is 1. The van der Waals surface area contributed by atoms with Crippen LogP contribution in [0.15, 0.2) is 12.2 Å². The fourth-order valence-electron chi connectivity index (χ4n) is 7.99. The Hall–Kier alpha value is -0.950. The molecule has 0 aliphatic rings. The van der Waals surface area contributed by atoms with Crippen molar-refractivity contribution in [2.45, 2.75) is 295 Å². The highest BCUT2D eigenvalue weighted by Gasteiger charge is 2.28. The maximum Gasteiger partial charge on any atom is 0.249 e. The van der Waals surface area contributed by atoms with Gasteiger partial charge in [-0.1, -0.05) is 244 Å². The summed E-state index contributed by atoms with van der Waals surface area (Å²) in [7, 11) is 0. The fourth-order valence-corrected chi connectivity index (χ4v) is 7.99. The standard InChI is InChI=1S/C50H99NO5/c1-3-5-7-9-11-13-15-17-18-19-20-21-22-23-24-25-26-27-28-29-30-31-32-34-36-38-40-42-44-48(54)50(56)51-46(45-52)49(55)47(53)43-41-39-37-35-33-16-14-12-10-8-6-4-2/h23-24,46-49,52-55H,3-22,25-45H2,1-2H3,(H,51,56)/b24-23-. The first-order valence-electron chi connectivity index (χ1n) is 25.1. The van der Waals surface area contributed by atoms with E-state index in [0.29, 0.717) is 12.8 Å². The third-order valence-corrected chi connectivity index (χ3v) is 12.0. The number of allylic oxidation sites excluding steroid dienone is 2. The molecule has 0 aliphatic carbocycles. The summed E-state index contributed by atoms with van der Waals surface area (Å²) >= 11 is 0. The Kier molecular flexibility index (Phi) is 44.4. The fraction of sp³-hybridized carbons (Fsp3) is 0.940. The third kappa shape index (κ3) is 38.6. The number of carbonyl (C=O) groups is 1. The molecule has 5 N–H and O–H groups in total. The maximum atomic E-state index is 12.5. The average Bonchev–Trinajstić information content (AvgIpc) is 3.20. The second kappa shape index (κ2) is 45.1. The Labute approximate surface area is 349 Å². The van der Waals surface area contributed by atoms with Gasteiger partial charge in [-0.05, 0) is 38.5 Å². The Morgan fingerprint density at radius 2 is 0.714 bits per heavy atom. The average molecular weight is 794 g/mol. The Bertz CT molecular complexity index is 806. The summed E-state index contributed by atoms with van der Waals surface area (Å²) in [6.07, 6.45) is 51.2. The van der Waals surface area contributed by atoms with Gasteiger partial charge >= 0.3 is 0 Å². The van der Waals surface area contributed by atoms with E-state index in [0.717, 1.165) is 38.5 Å². The molecule has 56 heavy (non-hydrogen) atoms. The quantitative estimate of drug-likeness (QED) is 0.0311. The van der Waals surface area contributed by atoms with Crippen molar-refractivity contribution >= 4 is 5.91 Å². The molecule has 334 valence electrons. The van der Waals surface area contributed by atoms with Crippen LogP contribution in [0.1, 0.15) is 271 Å². The van der Waals surface area contributed by atoms with Gasteiger partial charge in [0.2, 0.25) is 5.91 Å². The van der Waals surface area contributed by atoms with Crippen LogP contribution in [0.25, 0.3) is 0 Å². The van der Waals surface area contributed by atoms with Gasteiger partial charge < -0.3 is 25.7 Å². The highest BCUT2D eigenvalue weighted by atomic mass is 16.3. The highest BCUT2D eigenvalue weighted by molar-refractivity contribution is 5.80. The zero-order valence-corrected chi connectivity index (χ0v) is 37.7. The van der Waals surface area contributed by atoms with Crippen molar-refractivity contribution in [2.75, 3.05) is 6.61 Å². The molecule has 0 aromatic heterocycles. The summed E-state index contributed by atoms with van der Waals surface area (Å²) in [5, 5.41) is 43.7. The first kappa shape index (κ1) is 55.0. The summed E-state index contributed by atoms with van der Waals surface area (Å²) in [5.74, 6) is -0.581. The van der Waals surface area contributed by atoms with E-state index >= 15 is 0 Å². The summed E-state index contributed by atoms with van der Waals surface area (Å²) in [6, 6.07) is -0.981. The van der Waals surface area contributed by atoms with E-state index in [1.165, 1.54) is 205 Å². The van der Waals surface area contributed by atoms with E-state index in [1.54, 1.807) is 0 Å². The second-order valence-electron chi connectivity index (χ2n) is 17.5. The number of unbranched alkanes of at least 4 members (excludes halogenated alkanes) is 35. The maximum absolute atomic E-state index is 12.5. The van der Waals surface area contributed by atoms with Crippen molar-refractivity contribution in [1.82, 2.24) is 5.32 Å². The second-order valence-corrected chi connectivity index (χ2v) is 17.5. The van der Waals surface area contributed by atoms with Crippen LogP contribution in [0.3, 0.4) is 0 Å². The largest absolute Gasteiger partial charge is 0.394 e. The molecule has 0 radical (unpaired) electrons. The van der Waals surface area contributed by atoms with Crippen LogP contribution in [0.2, 0.25) is 0 Å². The molecule has 0 saturated heterocycles. The summed E-state index contributed by atoms with van der Waals surface area (Å²) < 4.78 is 0. The predicted octanol–water partition coefficient (Wildman–Crippen LogP) is 13.7. The molecule has 0 spiro atoms. The van der Waals surface area contributed by atoms with Crippen molar-refractivity contribution in [3.05, 3.63) is 12.2 Å². The van der Waals surface area contributed by atoms with E-state index in [4.69, 9.17) is 0 Å². The lowest BCUT2D eigenvalue weighted by Crippen LogP contribution is -2.53. The van der Waals surface area contributed by atoms with Gasteiger partial charge in [0.25, 0.3) is 0 Å². The summed E-state index contributed by atoms with van der Waals surface area (Å²) in [6.45, 7) is 4.06. The first-order valence-corrected chi connectivity index (χ1v) is 25.1. The number of amides is 1. The van der Waals surface area contributed by atoms with Crippen molar-refractivity contribution in [1.29, 1.82) is 0 Å². The summed E-state index contributed by atoms with van der Waals surface area (Å²) in [4.78, 5) is 12.5. The molecule has 0 bridgehead atoms. The van der Waals surface area contributed by atoms with Crippen molar-refractivity contribution < 1.29 is 25.2 Å². The van der Waals surface area contributed by atoms with Crippen LogP contribution < -0.4 is 5.32 Å². The van der Waals surface area contributed by atoms with Gasteiger partial charge in [-0.15, -0.1) is 0 Å². The number of hydrogen-bond donors (Lipinski definition) is 5. The number of aliphatic hydroxyl groups excluding tert-OH is 4. The lowest BCUT2D eigenvalue weighted by molar-refractivity contribution is -0.132.